The van der Waals surface area contributed by atoms with Gasteiger partial charge in [0.2, 0.25) is 0 Å². The molecular formula is C11H13ClO4. The van der Waals surface area contributed by atoms with Crippen LogP contribution in [0.4, 0.5) is 0 Å². The fourth-order valence-corrected chi connectivity index (χ4v) is 1.73. The smallest absolute Gasteiger partial charge is 0.307 e. The number of benzene rings is 1. The van der Waals surface area contributed by atoms with Crippen molar-refractivity contribution in [1.82, 2.24) is 0 Å². The van der Waals surface area contributed by atoms with E-state index < -0.39 is 5.97 Å². The molecule has 1 aromatic carbocycles. The molecule has 0 aliphatic rings. The number of hydrogen-bond acceptors (Lipinski definition) is 3. The minimum atomic E-state index is -0.944. The second-order valence-electron chi connectivity index (χ2n) is 3.28. The standard InChI is InChI=1S/C11H13ClO4/c1-6-8(12)4-7(5-9(13)14)11(16-3)10(6)15-2/h4H,5H2,1-3H3,(H,13,14). The molecule has 0 radical (unpaired) electrons. The van der Waals surface area contributed by atoms with Crippen molar-refractivity contribution in [3.63, 3.8) is 0 Å². The van der Waals surface area contributed by atoms with Gasteiger partial charge in [0, 0.05) is 16.1 Å². The molecule has 0 aliphatic carbocycles. The van der Waals surface area contributed by atoms with E-state index in [-0.39, 0.29) is 6.42 Å². The fourth-order valence-electron chi connectivity index (χ4n) is 1.52. The summed E-state index contributed by atoms with van der Waals surface area (Å²) in [5, 5.41) is 9.24. The van der Waals surface area contributed by atoms with Gasteiger partial charge in [-0.15, -0.1) is 0 Å². The highest BCUT2D eigenvalue weighted by Gasteiger charge is 2.17. The van der Waals surface area contributed by atoms with Crippen molar-refractivity contribution >= 4 is 17.6 Å². The van der Waals surface area contributed by atoms with E-state index in [4.69, 9.17) is 26.2 Å². The first kappa shape index (κ1) is 12.6. The Morgan fingerprint density at radius 3 is 2.38 bits per heavy atom. The van der Waals surface area contributed by atoms with Crippen molar-refractivity contribution in [2.45, 2.75) is 13.3 Å². The topological polar surface area (TPSA) is 55.8 Å². The Morgan fingerprint density at radius 1 is 1.38 bits per heavy atom. The number of carboxylic acids is 1. The lowest BCUT2D eigenvalue weighted by atomic mass is 10.1. The molecule has 1 N–H and O–H groups in total. The minimum absolute atomic E-state index is 0.153. The second-order valence-corrected chi connectivity index (χ2v) is 3.69. The van der Waals surface area contributed by atoms with Crippen LogP contribution in [0.1, 0.15) is 11.1 Å². The third-order valence-corrected chi connectivity index (χ3v) is 2.64. The molecule has 5 heteroatoms. The van der Waals surface area contributed by atoms with Gasteiger partial charge in [-0.2, -0.15) is 0 Å². The summed E-state index contributed by atoms with van der Waals surface area (Å²) in [4.78, 5) is 10.7. The summed E-state index contributed by atoms with van der Waals surface area (Å²) < 4.78 is 10.3. The molecule has 0 aliphatic heterocycles. The average Bonchev–Trinajstić information content (AvgIpc) is 2.21. The molecule has 0 atom stereocenters. The Hall–Kier alpha value is -1.42. The number of hydrogen-bond donors (Lipinski definition) is 1. The van der Waals surface area contributed by atoms with Gasteiger partial charge in [-0.3, -0.25) is 4.79 Å². The largest absolute Gasteiger partial charge is 0.493 e. The van der Waals surface area contributed by atoms with Crippen LogP contribution in [0.2, 0.25) is 5.02 Å². The zero-order chi connectivity index (χ0) is 12.3. The molecule has 0 spiro atoms. The number of methoxy groups -OCH3 is 2. The van der Waals surface area contributed by atoms with Crippen LogP contribution in [-0.2, 0) is 11.2 Å². The summed E-state index contributed by atoms with van der Waals surface area (Å²) in [7, 11) is 2.96. The van der Waals surface area contributed by atoms with E-state index >= 15 is 0 Å². The summed E-state index contributed by atoms with van der Waals surface area (Å²) in [6.45, 7) is 1.79. The molecule has 0 amide bonds. The Balaban J connectivity index is 3.37. The molecule has 4 nitrogen and oxygen atoms in total. The molecule has 0 saturated carbocycles. The molecule has 88 valence electrons. The number of halogens is 1. The lowest BCUT2D eigenvalue weighted by Crippen LogP contribution is -2.04. The maximum Gasteiger partial charge on any atom is 0.307 e. The third kappa shape index (κ3) is 2.39. The van der Waals surface area contributed by atoms with Crippen LogP contribution >= 0.6 is 11.6 Å². The van der Waals surface area contributed by atoms with Gasteiger partial charge in [0.25, 0.3) is 0 Å². The second kappa shape index (κ2) is 5.07. The number of aliphatic carboxylic acids is 1. The first-order valence-electron chi connectivity index (χ1n) is 4.63. The van der Waals surface area contributed by atoms with Gasteiger partial charge >= 0.3 is 5.97 Å². The summed E-state index contributed by atoms with van der Waals surface area (Å²) in [5.41, 5.74) is 1.23. The van der Waals surface area contributed by atoms with Crippen molar-refractivity contribution in [3.8, 4) is 11.5 Å². The molecular weight excluding hydrogens is 232 g/mol. The number of rotatable bonds is 4. The van der Waals surface area contributed by atoms with Crippen LogP contribution in [0.5, 0.6) is 11.5 Å². The van der Waals surface area contributed by atoms with Gasteiger partial charge < -0.3 is 14.6 Å². The lowest BCUT2D eigenvalue weighted by Gasteiger charge is -2.15. The van der Waals surface area contributed by atoms with Crippen LogP contribution in [0.15, 0.2) is 6.07 Å². The van der Waals surface area contributed by atoms with E-state index in [9.17, 15) is 4.79 Å². The molecule has 16 heavy (non-hydrogen) atoms. The highest BCUT2D eigenvalue weighted by Crippen LogP contribution is 2.38. The Morgan fingerprint density at radius 2 is 1.94 bits per heavy atom. The van der Waals surface area contributed by atoms with E-state index in [1.807, 2.05) is 0 Å². The Bertz CT molecular complexity index is 415. The quantitative estimate of drug-likeness (QED) is 0.883. The van der Waals surface area contributed by atoms with Crippen LogP contribution in [-0.4, -0.2) is 25.3 Å². The number of carbonyl (C=O) groups is 1. The number of ether oxygens (including phenoxy) is 2. The zero-order valence-electron chi connectivity index (χ0n) is 9.33. The SMILES string of the molecule is COc1c(CC(=O)O)cc(Cl)c(C)c1OC. The van der Waals surface area contributed by atoms with Crippen LogP contribution in [0.25, 0.3) is 0 Å². The van der Waals surface area contributed by atoms with Crippen LogP contribution < -0.4 is 9.47 Å². The molecule has 0 unspecified atom stereocenters. The van der Waals surface area contributed by atoms with Gasteiger partial charge in [-0.05, 0) is 13.0 Å². The fraction of sp³-hybridized carbons (Fsp3) is 0.364. The summed E-state index contributed by atoms with van der Waals surface area (Å²) in [6, 6.07) is 1.59. The first-order valence-corrected chi connectivity index (χ1v) is 5.00. The van der Waals surface area contributed by atoms with Gasteiger partial charge in [0.1, 0.15) is 0 Å². The Labute approximate surface area is 98.7 Å². The van der Waals surface area contributed by atoms with Crippen molar-refractivity contribution < 1.29 is 19.4 Å². The van der Waals surface area contributed by atoms with Crippen LogP contribution in [0.3, 0.4) is 0 Å². The van der Waals surface area contributed by atoms with E-state index in [1.54, 1.807) is 13.0 Å². The van der Waals surface area contributed by atoms with Crippen molar-refractivity contribution in [3.05, 3.63) is 22.2 Å². The van der Waals surface area contributed by atoms with E-state index in [2.05, 4.69) is 0 Å². The van der Waals surface area contributed by atoms with E-state index in [1.165, 1.54) is 14.2 Å². The normalized spacial score (nSPS) is 10.0. The van der Waals surface area contributed by atoms with E-state index in [0.29, 0.717) is 22.1 Å². The summed E-state index contributed by atoms with van der Waals surface area (Å²) >= 11 is 5.98. The predicted molar refractivity (Wildman–Crippen MR) is 60.6 cm³/mol. The van der Waals surface area contributed by atoms with E-state index in [0.717, 1.165) is 5.56 Å². The molecule has 0 saturated heterocycles. The monoisotopic (exact) mass is 244 g/mol. The minimum Gasteiger partial charge on any atom is -0.493 e. The number of carboxylic acid groups (broad SMARTS) is 1. The Kier molecular flexibility index (Phi) is 4.01. The van der Waals surface area contributed by atoms with Gasteiger partial charge in [-0.25, -0.2) is 0 Å². The van der Waals surface area contributed by atoms with Crippen molar-refractivity contribution in [1.29, 1.82) is 0 Å². The third-order valence-electron chi connectivity index (χ3n) is 2.25. The zero-order valence-corrected chi connectivity index (χ0v) is 10.1. The molecule has 0 aromatic heterocycles. The van der Waals surface area contributed by atoms with Gasteiger partial charge in [0.15, 0.2) is 11.5 Å². The lowest BCUT2D eigenvalue weighted by molar-refractivity contribution is -0.136. The first-order chi connectivity index (χ1) is 7.51. The van der Waals surface area contributed by atoms with Crippen molar-refractivity contribution in [2.24, 2.45) is 0 Å². The molecule has 0 fully saturated rings. The van der Waals surface area contributed by atoms with Crippen LogP contribution in [0, 0.1) is 6.92 Å². The average molecular weight is 245 g/mol. The molecule has 0 bridgehead atoms. The predicted octanol–water partition coefficient (Wildman–Crippen LogP) is 2.29. The summed E-state index contributed by atoms with van der Waals surface area (Å²) in [6.07, 6.45) is -0.153. The maximum atomic E-state index is 10.7. The molecule has 0 heterocycles. The highest BCUT2D eigenvalue weighted by molar-refractivity contribution is 6.31. The highest BCUT2D eigenvalue weighted by atomic mass is 35.5. The summed E-state index contributed by atoms with van der Waals surface area (Å²) in [5.74, 6) is -0.0432. The van der Waals surface area contributed by atoms with Crippen molar-refractivity contribution in [2.75, 3.05) is 14.2 Å². The molecule has 1 aromatic rings. The van der Waals surface area contributed by atoms with Gasteiger partial charge in [0.05, 0.1) is 20.6 Å². The maximum absolute atomic E-state index is 10.7. The van der Waals surface area contributed by atoms with Gasteiger partial charge in [-0.1, -0.05) is 11.6 Å². The molecule has 1 rings (SSSR count).